The first-order valence-corrected chi connectivity index (χ1v) is 10.8. The van der Waals surface area contributed by atoms with Crippen LogP contribution in [0.5, 0.6) is 0 Å². The van der Waals surface area contributed by atoms with Gasteiger partial charge in [0.2, 0.25) is 11.8 Å². The van der Waals surface area contributed by atoms with E-state index in [2.05, 4.69) is 35.7 Å². The molecule has 0 atom stereocenters. The number of benzene rings is 1. The van der Waals surface area contributed by atoms with E-state index in [-0.39, 0.29) is 42.8 Å². The molecular formula is C21H15F5N8O2. The monoisotopic (exact) mass is 506 g/mol. The van der Waals surface area contributed by atoms with Crippen LogP contribution in [0.4, 0.5) is 33.9 Å². The van der Waals surface area contributed by atoms with Crippen molar-refractivity contribution in [2.75, 3.05) is 23.3 Å². The lowest BCUT2D eigenvalue weighted by molar-refractivity contribution is -0.157. The van der Waals surface area contributed by atoms with E-state index in [4.69, 9.17) is 8.83 Å². The molecule has 1 aromatic carbocycles. The lowest BCUT2D eigenvalue weighted by Gasteiger charge is -2.35. The molecule has 1 saturated heterocycles. The van der Waals surface area contributed by atoms with Crippen LogP contribution in [-0.4, -0.2) is 49.5 Å². The average Bonchev–Trinajstić information content (AvgIpc) is 3.54. The van der Waals surface area contributed by atoms with Gasteiger partial charge in [-0.25, -0.2) is 18.7 Å². The highest BCUT2D eigenvalue weighted by molar-refractivity contribution is 5.52. The quantitative estimate of drug-likeness (QED) is 0.404. The van der Waals surface area contributed by atoms with Gasteiger partial charge in [0.15, 0.2) is 11.6 Å². The largest absolute Gasteiger partial charge is 0.470 e. The second kappa shape index (κ2) is 8.20. The molecule has 15 heteroatoms. The molecule has 4 aromatic rings. The maximum atomic E-state index is 13.5. The number of nitrogens with zero attached hydrogens (tertiary/aromatic N) is 7. The molecule has 1 N–H and O–H groups in total. The van der Waals surface area contributed by atoms with Gasteiger partial charge in [0.1, 0.15) is 0 Å². The van der Waals surface area contributed by atoms with Crippen LogP contribution in [0.2, 0.25) is 0 Å². The summed E-state index contributed by atoms with van der Waals surface area (Å²) in [5, 5.41) is 17.6. The van der Waals surface area contributed by atoms with E-state index in [1.54, 1.807) is 4.90 Å². The molecule has 0 unspecified atom stereocenters. The molecule has 0 spiro atoms. The third-order valence-electron chi connectivity index (χ3n) is 6.01. The molecule has 10 nitrogen and oxygen atoms in total. The zero-order valence-electron chi connectivity index (χ0n) is 18.1. The first-order valence-electron chi connectivity index (χ1n) is 10.8. The van der Waals surface area contributed by atoms with Gasteiger partial charge in [0.05, 0.1) is 11.5 Å². The first-order chi connectivity index (χ1) is 17.2. The van der Waals surface area contributed by atoms with E-state index >= 15 is 0 Å². The van der Waals surface area contributed by atoms with Gasteiger partial charge in [-0.1, -0.05) is 5.10 Å². The molecule has 3 aromatic heterocycles. The number of alkyl halides is 3. The molecule has 1 fully saturated rings. The van der Waals surface area contributed by atoms with Crippen LogP contribution in [-0.2, 0) is 19.0 Å². The summed E-state index contributed by atoms with van der Waals surface area (Å²) in [6.45, 7) is 0.552. The first kappa shape index (κ1) is 22.3. The lowest BCUT2D eigenvalue weighted by Crippen LogP contribution is -2.45. The van der Waals surface area contributed by atoms with Crippen LogP contribution in [0, 0.1) is 11.6 Å². The number of rotatable bonds is 5. The summed E-state index contributed by atoms with van der Waals surface area (Å²) in [4.78, 5) is 10.2. The van der Waals surface area contributed by atoms with Gasteiger partial charge in [-0.05, 0) is 36.1 Å². The highest BCUT2D eigenvalue weighted by atomic mass is 19.4. The number of aromatic nitrogens is 6. The smallest absolute Gasteiger partial charge is 0.417 e. The maximum Gasteiger partial charge on any atom is 0.470 e. The van der Waals surface area contributed by atoms with Crippen molar-refractivity contribution in [1.29, 1.82) is 0 Å². The van der Waals surface area contributed by atoms with Gasteiger partial charge in [-0.3, -0.25) is 0 Å². The lowest BCUT2D eigenvalue weighted by atomic mass is 10.0. The number of hydrogen-bond acceptors (Lipinski definition) is 10. The van der Waals surface area contributed by atoms with E-state index in [0.717, 1.165) is 11.1 Å². The molecule has 0 saturated carbocycles. The van der Waals surface area contributed by atoms with Crippen molar-refractivity contribution in [3.8, 4) is 11.5 Å². The van der Waals surface area contributed by atoms with Crippen molar-refractivity contribution < 1.29 is 30.8 Å². The fraction of sp³-hybridized carbons (Fsp3) is 0.333. The third-order valence-corrected chi connectivity index (χ3v) is 6.01. The van der Waals surface area contributed by atoms with Crippen molar-refractivity contribution in [2.24, 2.45) is 0 Å². The number of nitrogens with one attached hydrogen (secondary N) is 1. The normalized spacial score (nSPS) is 16.3. The number of hydrogen-bond donors (Lipinski definition) is 1. The molecule has 1 aliphatic carbocycles. The molecule has 0 bridgehead atoms. The molecule has 1 aliphatic heterocycles. The van der Waals surface area contributed by atoms with Crippen LogP contribution in [0.25, 0.3) is 11.5 Å². The second-order valence-electron chi connectivity index (χ2n) is 8.51. The van der Waals surface area contributed by atoms with Crippen molar-refractivity contribution in [1.82, 2.24) is 30.4 Å². The Morgan fingerprint density at radius 2 is 1.56 bits per heavy atom. The van der Waals surface area contributed by atoms with Crippen molar-refractivity contribution in [3.63, 3.8) is 0 Å². The number of halogens is 5. The Balaban J connectivity index is 1.06. The van der Waals surface area contributed by atoms with Gasteiger partial charge in [0.25, 0.3) is 5.89 Å². The zero-order valence-corrected chi connectivity index (χ0v) is 18.1. The third kappa shape index (κ3) is 4.09. The van der Waals surface area contributed by atoms with E-state index in [1.165, 1.54) is 24.5 Å². The van der Waals surface area contributed by atoms with Crippen LogP contribution >= 0.6 is 0 Å². The molecule has 0 radical (unpaired) electrons. The van der Waals surface area contributed by atoms with E-state index in [9.17, 15) is 22.0 Å². The summed E-state index contributed by atoms with van der Waals surface area (Å²) in [6, 6.07) is 2.51. The summed E-state index contributed by atoms with van der Waals surface area (Å²) in [6.07, 6.45) is -0.677. The minimum Gasteiger partial charge on any atom is -0.417 e. The summed E-state index contributed by atoms with van der Waals surface area (Å²) in [5.41, 5.74) is 1.95. The predicted octanol–water partition coefficient (Wildman–Crippen LogP) is 3.39. The van der Waals surface area contributed by atoms with E-state index in [0.29, 0.717) is 24.4 Å². The molecule has 6 rings (SSSR count). The highest BCUT2D eigenvalue weighted by Gasteiger charge is 2.41. The SMILES string of the molecule is Fc1cc2c(cc1F)CC(Nc1ncc(-c3nnc(N4CC(c5nnc(C(F)(F)F)o5)C4)o3)cn1)C2. The Labute approximate surface area is 198 Å². The summed E-state index contributed by atoms with van der Waals surface area (Å²) in [7, 11) is 0. The highest BCUT2D eigenvalue weighted by Crippen LogP contribution is 2.34. The standard InChI is InChI=1S/C21H15F5N8O2/c22-14-3-9-1-13(2-10(9)4-15(14)23)29-19-27-5-11(6-28-19)16-31-33-20(36-16)34-7-12(8-34)17-30-32-18(35-17)21(24,25)26/h3-6,12-13H,1-2,7-8H2,(H,27,28,29). The van der Waals surface area contributed by atoms with Crippen molar-refractivity contribution in [2.45, 2.75) is 31.0 Å². The Kier molecular flexibility index (Phi) is 5.08. The maximum absolute atomic E-state index is 13.5. The number of fused-ring (bicyclic) bond motifs is 1. The fourth-order valence-electron chi connectivity index (χ4n) is 4.17. The fourth-order valence-corrected chi connectivity index (χ4v) is 4.17. The summed E-state index contributed by atoms with van der Waals surface area (Å²) >= 11 is 0. The van der Waals surface area contributed by atoms with Gasteiger partial charge >= 0.3 is 18.1 Å². The zero-order chi connectivity index (χ0) is 25.0. The van der Waals surface area contributed by atoms with Crippen molar-refractivity contribution >= 4 is 12.0 Å². The second-order valence-corrected chi connectivity index (χ2v) is 8.51. The minimum atomic E-state index is -4.69. The van der Waals surface area contributed by atoms with E-state index in [1.807, 2.05) is 0 Å². The Morgan fingerprint density at radius 3 is 2.17 bits per heavy atom. The van der Waals surface area contributed by atoms with Crippen molar-refractivity contribution in [3.05, 3.63) is 59.1 Å². The van der Waals surface area contributed by atoms with Crippen LogP contribution in [0.1, 0.15) is 28.8 Å². The van der Waals surface area contributed by atoms with Gasteiger partial charge in [0, 0.05) is 31.5 Å². The minimum absolute atomic E-state index is 0.101. The Morgan fingerprint density at radius 1 is 0.889 bits per heavy atom. The van der Waals surface area contributed by atoms with Crippen LogP contribution in [0.15, 0.2) is 33.4 Å². The summed E-state index contributed by atoms with van der Waals surface area (Å²) < 4.78 is 75.1. The van der Waals surface area contributed by atoms with Gasteiger partial charge in [-0.2, -0.15) is 13.2 Å². The Hall–Kier alpha value is -4.17. The molecule has 186 valence electrons. The molecule has 4 heterocycles. The van der Waals surface area contributed by atoms with Gasteiger partial charge in [-0.15, -0.1) is 15.3 Å². The molecule has 36 heavy (non-hydrogen) atoms. The molecular weight excluding hydrogens is 491 g/mol. The number of anilines is 2. The predicted molar refractivity (Wildman–Crippen MR) is 111 cm³/mol. The van der Waals surface area contributed by atoms with E-state index < -0.39 is 23.7 Å². The molecule has 0 amide bonds. The van der Waals surface area contributed by atoms with Gasteiger partial charge < -0.3 is 19.1 Å². The Bertz CT molecular complexity index is 1380. The summed E-state index contributed by atoms with van der Waals surface area (Å²) in [5.74, 6) is -3.10. The van der Waals surface area contributed by atoms with Crippen LogP contribution in [0.3, 0.4) is 0 Å². The topological polar surface area (TPSA) is 119 Å². The molecule has 2 aliphatic rings. The van der Waals surface area contributed by atoms with Crippen LogP contribution < -0.4 is 10.2 Å². The average molecular weight is 506 g/mol.